The maximum atomic E-state index is 12.6. The zero-order valence-electron chi connectivity index (χ0n) is 17.8. The minimum absolute atomic E-state index is 0.00642. The van der Waals surface area contributed by atoms with Crippen molar-refractivity contribution in [3.63, 3.8) is 0 Å². The summed E-state index contributed by atoms with van der Waals surface area (Å²) in [7, 11) is 5.61. The predicted molar refractivity (Wildman–Crippen MR) is 125 cm³/mol. The maximum absolute atomic E-state index is 12.6. The summed E-state index contributed by atoms with van der Waals surface area (Å²) in [5.74, 6) is 0.461. The molecule has 1 fully saturated rings. The van der Waals surface area contributed by atoms with Crippen LogP contribution in [0.25, 0.3) is 5.57 Å². The van der Waals surface area contributed by atoms with Gasteiger partial charge >= 0.3 is 0 Å². The lowest BCUT2D eigenvalue weighted by molar-refractivity contribution is -0.120. The lowest BCUT2D eigenvalue weighted by atomic mass is 9.99. The van der Waals surface area contributed by atoms with Gasteiger partial charge in [-0.05, 0) is 69.5 Å². The molecule has 160 valence electrons. The summed E-state index contributed by atoms with van der Waals surface area (Å²) in [6, 6.07) is 12.1. The quantitative estimate of drug-likeness (QED) is 0.393. The number of anilines is 1. The molecule has 30 heavy (non-hydrogen) atoms. The van der Waals surface area contributed by atoms with Gasteiger partial charge in [-0.25, -0.2) is 4.31 Å². The molecule has 0 atom stereocenters. The molecular formula is C23H30N4O2S. The Morgan fingerprint density at radius 3 is 2.53 bits per heavy atom. The van der Waals surface area contributed by atoms with E-state index in [2.05, 4.69) is 33.2 Å². The highest BCUT2D eigenvalue weighted by atomic mass is 32.2. The van der Waals surface area contributed by atoms with Gasteiger partial charge < -0.3 is 15.0 Å². The van der Waals surface area contributed by atoms with Gasteiger partial charge in [-0.15, -0.1) is 0 Å². The van der Waals surface area contributed by atoms with E-state index in [0.29, 0.717) is 12.3 Å². The van der Waals surface area contributed by atoms with Crippen molar-refractivity contribution in [2.24, 2.45) is 0 Å². The molecule has 1 aliphatic rings. The van der Waals surface area contributed by atoms with Crippen LogP contribution in [0.5, 0.6) is 0 Å². The van der Waals surface area contributed by atoms with E-state index in [-0.39, 0.29) is 11.5 Å². The van der Waals surface area contributed by atoms with Crippen molar-refractivity contribution in [1.82, 2.24) is 14.6 Å². The number of allylic oxidation sites excluding steroid dienone is 1. The van der Waals surface area contributed by atoms with Gasteiger partial charge in [0.1, 0.15) is 0 Å². The predicted octanol–water partition coefficient (Wildman–Crippen LogP) is 4.14. The minimum atomic E-state index is 0.00642. The van der Waals surface area contributed by atoms with Gasteiger partial charge in [-0.2, -0.15) is 0 Å². The van der Waals surface area contributed by atoms with Crippen molar-refractivity contribution < 1.29 is 4.79 Å². The highest BCUT2D eigenvalue weighted by Crippen LogP contribution is 2.38. The van der Waals surface area contributed by atoms with Gasteiger partial charge in [0.25, 0.3) is 5.56 Å². The topological polar surface area (TPSA) is 77.2 Å². The molecule has 7 heteroatoms. The fourth-order valence-corrected chi connectivity index (χ4v) is 3.66. The Balaban J connectivity index is 1.82. The third-order valence-electron chi connectivity index (χ3n) is 5.02. The van der Waals surface area contributed by atoms with Crippen LogP contribution < -0.4 is 15.6 Å². The molecule has 1 amide bonds. The first-order valence-electron chi connectivity index (χ1n) is 10.3. The Kier molecular flexibility index (Phi) is 7.76. The highest BCUT2D eigenvalue weighted by Gasteiger charge is 2.26. The first-order chi connectivity index (χ1) is 14.5. The molecule has 0 unspecified atom stereocenters. The number of H-pyrrole nitrogens is 1. The number of hydrogen-bond donors (Lipinski definition) is 3. The third-order valence-corrected chi connectivity index (χ3v) is 5.72. The van der Waals surface area contributed by atoms with Gasteiger partial charge in [0.15, 0.2) is 0 Å². The van der Waals surface area contributed by atoms with E-state index in [9.17, 15) is 9.59 Å². The second-order valence-electron chi connectivity index (χ2n) is 7.70. The Morgan fingerprint density at radius 2 is 1.93 bits per heavy atom. The first kappa shape index (κ1) is 22.2. The molecule has 3 N–H and O–H groups in total. The van der Waals surface area contributed by atoms with Crippen molar-refractivity contribution in [2.75, 3.05) is 25.9 Å². The summed E-state index contributed by atoms with van der Waals surface area (Å²) >= 11 is 1.51. The largest absolute Gasteiger partial charge is 0.359 e. The molecule has 0 saturated heterocycles. The van der Waals surface area contributed by atoms with Crippen LogP contribution in [-0.2, 0) is 4.79 Å². The fourth-order valence-electron chi connectivity index (χ4n) is 3.24. The van der Waals surface area contributed by atoms with Gasteiger partial charge in [0, 0.05) is 48.1 Å². The summed E-state index contributed by atoms with van der Waals surface area (Å²) < 4.78 is 5.26. The van der Waals surface area contributed by atoms with E-state index in [0.717, 1.165) is 53.8 Å². The molecule has 3 rings (SSSR count). The smallest absolute Gasteiger partial charge is 0.251 e. The van der Waals surface area contributed by atoms with Crippen molar-refractivity contribution >= 4 is 29.3 Å². The lowest BCUT2D eigenvalue weighted by Crippen LogP contribution is -2.16. The number of amides is 1. The summed E-state index contributed by atoms with van der Waals surface area (Å²) in [4.78, 5) is 27.2. The van der Waals surface area contributed by atoms with E-state index in [1.54, 1.807) is 7.05 Å². The fraction of sp³-hybridized carbons (Fsp3) is 0.391. The molecule has 1 heterocycles. The number of rotatable bonds is 10. The molecule has 0 aliphatic heterocycles. The Labute approximate surface area is 182 Å². The lowest BCUT2D eigenvalue weighted by Gasteiger charge is -2.13. The molecule has 1 aromatic carbocycles. The molecule has 0 radical (unpaired) electrons. The second-order valence-corrected chi connectivity index (χ2v) is 8.81. The first-order valence-corrected chi connectivity index (χ1v) is 11.1. The zero-order chi connectivity index (χ0) is 21.5. The molecule has 0 bridgehead atoms. The van der Waals surface area contributed by atoms with Crippen molar-refractivity contribution in [3.05, 3.63) is 69.6 Å². The van der Waals surface area contributed by atoms with Crippen molar-refractivity contribution in [2.45, 2.75) is 38.0 Å². The van der Waals surface area contributed by atoms with Gasteiger partial charge in [-0.1, -0.05) is 24.3 Å². The average Bonchev–Trinajstić information content (AvgIpc) is 3.57. The molecule has 0 spiro atoms. The zero-order valence-corrected chi connectivity index (χ0v) is 18.6. The van der Waals surface area contributed by atoms with Crippen LogP contribution in [-0.4, -0.2) is 36.3 Å². The summed E-state index contributed by atoms with van der Waals surface area (Å²) in [6.45, 7) is 0. The number of nitrogens with zero attached hydrogens (tertiary/aromatic N) is 1. The van der Waals surface area contributed by atoms with Gasteiger partial charge in [-0.3, -0.25) is 9.59 Å². The second kappa shape index (κ2) is 10.5. The third kappa shape index (κ3) is 6.24. The Bertz CT molecular complexity index is 946. The van der Waals surface area contributed by atoms with Crippen molar-refractivity contribution in [1.29, 1.82) is 0 Å². The van der Waals surface area contributed by atoms with Gasteiger partial charge in [0.2, 0.25) is 5.91 Å². The number of carbonyl (C=O) groups is 1. The molecule has 2 aromatic rings. The highest BCUT2D eigenvalue weighted by molar-refractivity contribution is 7.98. The number of aromatic nitrogens is 1. The van der Waals surface area contributed by atoms with Crippen molar-refractivity contribution in [3.8, 4) is 0 Å². The van der Waals surface area contributed by atoms with E-state index >= 15 is 0 Å². The molecule has 6 nitrogen and oxygen atoms in total. The summed E-state index contributed by atoms with van der Waals surface area (Å²) in [6.07, 6.45) is 6.32. The van der Waals surface area contributed by atoms with Crippen LogP contribution in [0.15, 0.2) is 47.3 Å². The monoisotopic (exact) mass is 426 g/mol. The Hall–Kier alpha value is -2.51. The minimum Gasteiger partial charge on any atom is -0.359 e. The summed E-state index contributed by atoms with van der Waals surface area (Å²) in [5.41, 5.74) is 4.73. The van der Waals surface area contributed by atoms with Crippen LogP contribution in [0.2, 0.25) is 0 Å². The Morgan fingerprint density at radius 1 is 1.20 bits per heavy atom. The number of pyridine rings is 1. The molecule has 1 aliphatic carbocycles. The normalized spacial score (nSPS) is 14.1. The number of benzene rings is 1. The average molecular weight is 427 g/mol. The summed E-state index contributed by atoms with van der Waals surface area (Å²) in [5, 5.41) is 2.65. The van der Waals surface area contributed by atoms with E-state index in [1.165, 1.54) is 12.1 Å². The van der Waals surface area contributed by atoms with E-state index < -0.39 is 0 Å². The maximum Gasteiger partial charge on any atom is 0.251 e. The van der Waals surface area contributed by atoms with Crippen LogP contribution in [0.3, 0.4) is 0 Å². The number of nitrogens with one attached hydrogen (secondary N) is 3. The van der Waals surface area contributed by atoms with E-state index in [1.807, 2.05) is 42.7 Å². The number of carbonyl (C=O) groups excluding carboxylic acids is 1. The van der Waals surface area contributed by atoms with Gasteiger partial charge in [0.05, 0.1) is 0 Å². The van der Waals surface area contributed by atoms with Crippen LogP contribution in [0.4, 0.5) is 5.69 Å². The number of unbranched alkanes of at least 4 members (excludes halogenated alkanes) is 1. The standard InChI is InChI=1S/C23H30N4O2S/c1-24-22(28)7-5-4-6-19(16-10-12-18(13-11-16)26-30-27(2)3)21-15-14-20(17-8-9-17)23(29)25-21/h6,10-15,17,26H,4-5,7-9H2,1-3H3,(H,24,28)(H,25,29)/b19-6+. The van der Waals surface area contributed by atoms with E-state index in [4.69, 9.17) is 0 Å². The number of aromatic amines is 1. The molecule has 1 saturated carbocycles. The SMILES string of the molecule is CNC(=O)CCC/C=C(\c1ccc(NSN(C)C)cc1)c1ccc(C2CC2)c(=O)[nH]1. The van der Waals surface area contributed by atoms with Crippen LogP contribution >= 0.6 is 12.1 Å². The number of hydrogen-bond acceptors (Lipinski definition) is 5. The van der Waals surface area contributed by atoms with Crippen LogP contribution in [0.1, 0.15) is 54.8 Å². The van der Waals surface area contributed by atoms with Crippen LogP contribution in [0, 0.1) is 0 Å². The molecular weight excluding hydrogens is 396 g/mol. The molecule has 1 aromatic heterocycles.